The molecule has 7 nitrogen and oxygen atoms in total. The molecule has 0 aliphatic heterocycles. The number of sulfonamides is 1. The number of hydrogen-bond acceptors (Lipinski definition) is 5. The molecule has 140 valence electrons. The summed E-state index contributed by atoms with van der Waals surface area (Å²) in [5.41, 5.74) is 1.12. The van der Waals surface area contributed by atoms with Crippen molar-refractivity contribution in [3.63, 3.8) is 0 Å². The molecule has 0 aromatic carbocycles. The Labute approximate surface area is 150 Å². The molecule has 1 fully saturated rings. The minimum Gasteiger partial charge on any atom is -0.352 e. The van der Waals surface area contributed by atoms with Crippen LogP contribution in [0.3, 0.4) is 0 Å². The third kappa shape index (κ3) is 7.94. The van der Waals surface area contributed by atoms with Gasteiger partial charge < -0.3 is 5.32 Å². The van der Waals surface area contributed by atoms with Gasteiger partial charge in [-0.15, -0.1) is 0 Å². The van der Waals surface area contributed by atoms with Gasteiger partial charge in [-0.3, -0.25) is 14.7 Å². The topological polar surface area (TPSA) is 91.4 Å². The first kappa shape index (κ1) is 19.8. The van der Waals surface area contributed by atoms with E-state index in [1.165, 1.54) is 6.26 Å². The van der Waals surface area contributed by atoms with Crippen molar-refractivity contribution in [1.82, 2.24) is 19.9 Å². The third-order valence-corrected chi connectivity index (χ3v) is 5.09. The first-order valence-electron chi connectivity index (χ1n) is 8.63. The summed E-state index contributed by atoms with van der Waals surface area (Å²) < 4.78 is 25.0. The number of nitrogens with zero attached hydrogens (tertiary/aromatic N) is 2. The number of pyridine rings is 1. The number of likely N-dealkylation sites (N-methyl/N-ethyl adjacent to an activating group) is 1. The van der Waals surface area contributed by atoms with E-state index < -0.39 is 10.0 Å². The first-order valence-corrected chi connectivity index (χ1v) is 10.5. The molecule has 2 N–H and O–H groups in total. The normalized spacial score (nSPS) is 21.2. The van der Waals surface area contributed by atoms with Crippen molar-refractivity contribution in [2.24, 2.45) is 5.92 Å². The smallest absolute Gasteiger partial charge is 0.234 e. The van der Waals surface area contributed by atoms with Crippen molar-refractivity contribution in [3.05, 3.63) is 30.1 Å². The molecule has 1 heterocycles. The lowest BCUT2D eigenvalue weighted by Gasteiger charge is -2.30. The van der Waals surface area contributed by atoms with Crippen LogP contribution in [0.1, 0.15) is 31.2 Å². The zero-order valence-corrected chi connectivity index (χ0v) is 15.8. The van der Waals surface area contributed by atoms with Crippen LogP contribution >= 0.6 is 0 Å². The highest BCUT2D eigenvalue weighted by molar-refractivity contribution is 7.88. The van der Waals surface area contributed by atoms with Gasteiger partial charge in [-0.05, 0) is 49.9 Å². The molecule has 0 saturated heterocycles. The lowest BCUT2D eigenvalue weighted by Crippen LogP contribution is -2.44. The van der Waals surface area contributed by atoms with Gasteiger partial charge in [0, 0.05) is 31.5 Å². The molecular formula is C17H28N4O3S. The predicted molar refractivity (Wildman–Crippen MR) is 97.3 cm³/mol. The molecule has 1 aromatic rings. The molecule has 25 heavy (non-hydrogen) atoms. The van der Waals surface area contributed by atoms with Gasteiger partial charge in [0.2, 0.25) is 15.9 Å². The molecule has 0 unspecified atom stereocenters. The maximum absolute atomic E-state index is 12.3. The second kappa shape index (κ2) is 9.26. The molecule has 1 saturated carbocycles. The number of aromatic nitrogens is 1. The maximum Gasteiger partial charge on any atom is 0.234 e. The Morgan fingerprint density at radius 1 is 1.32 bits per heavy atom. The Morgan fingerprint density at radius 2 is 2.04 bits per heavy atom. The van der Waals surface area contributed by atoms with E-state index in [1.54, 1.807) is 12.4 Å². The Morgan fingerprint density at radius 3 is 2.72 bits per heavy atom. The molecule has 0 radical (unpaired) electrons. The zero-order chi connectivity index (χ0) is 18.3. The van der Waals surface area contributed by atoms with Crippen LogP contribution in [0, 0.1) is 5.92 Å². The highest BCUT2D eigenvalue weighted by Crippen LogP contribution is 2.23. The summed E-state index contributed by atoms with van der Waals surface area (Å²) in [5.74, 6) is 0.293. The summed E-state index contributed by atoms with van der Waals surface area (Å²) in [6.45, 7) is 1.49. The molecule has 1 aliphatic carbocycles. The number of carbonyl (C=O) groups excluding carboxylic acids is 1. The van der Waals surface area contributed by atoms with Crippen LogP contribution in [0.15, 0.2) is 24.5 Å². The molecule has 2 rings (SSSR count). The van der Waals surface area contributed by atoms with E-state index in [0.29, 0.717) is 19.6 Å². The van der Waals surface area contributed by atoms with Gasteiger partial charge in [-0.1, -0.05) is 6.42 Å². The van der Waals surface area contributed by atoms with Crippen molar-refractivity contribution < 1.29 is 13.2 Å². The second-order valence-corrected chi connectivity index (χ2v) is 8.78. The summed E-state index contributed by atoms with van der Waals surface area (Å²) in [5, 5.41) is 3.09. The number of hydrogen-bond donors (Lipinski definition) is 2. The van der Waals surface area contributed by atoms with E-state index in [2.05, 4.69) is 15.0 Å². The van der Waals surface area contributed by atoms with Crippen molar-refractivity contribution in [2.45, 2.75) is 38.3 Å². The number of rotatable bonds is 8. The van der Waals surface area contributed by atoms with E-state index >= 15 is 0 Å². The van der Waals surface area contributed by atoms with Crippen molar-refractivity contribution >= 4 is 15.9 Å². The summed E-state index contributed by atoms with van der Waals surface area (Å²) >= 11 is 0. The minimum absolute atomic E-state index is 0.0123. The lowest BCUT2D eigenvalue weighted by molar-refractivity contribution is -0.123. The van der Waals surface area contributed by atoms with E-state index in [9.17, 15) is 13.2 Å². The molecule has 0 bridgehead atoms. The number of carbonyl (C=O) groups is 1. The van der Waals surface area contributed by atoms with Crippen LogP contribution in [-0.4, -0.2) is 56.6 Å². The molecule has 0 spiro atoms. The molecule has 8 heteroatoms. The van der Waals surface area contributed by atoms with Gasteiger partial charge in [0.05, 0.1) is 12.8 Å². The van der Waals surface area contributed by atoms with Crippen LogP contribution in [-0.2, 0) is 21.4 Å². The fourth-order valence-electron chi connectivity index (χ4n) is 3.25. The van der Waals surface area contributed by atoms with Crippen molar-refractivity contribution in [3.8, 4) is 0 Å². The Hall–Kier alpha value is -1.51. The van der Waals surface area contributed by atoms with Gasteiger partial charge in [0.1, 0.15) is 0 Å². The van der Waals surface area contributed by atoms with Crippen LogP contribution in [0.5, 0.6) is 0 Å². The SMILES string of the molecule is CN(CC(=O)N[C@H]1CCC[C@@H](CNS(C)(=O)=O)C1)Cc1ccncc1. The molecule has 1 aromatic heterocycles. The Bertz CT molecular complexity index is 651. The summed E-state index contributed by atoms with van der Waals surface area (Å²) in [6.07, 6.45) is 8.45. The number of nitrogens with one attached hydrogen (secondary N) is 2. The van der Waals surface area contributed by atoms with Gasteiger partial charge in [0.15, 0.2) is 0 Å². The van der Waals surface area contributed by atoms with Crippen molar-refractivity contribution in [1.29, 1.82) is 0 Å². The summed E-state index contributed by atoms with van der Waals surface area (Å²) in [4.78, 5) is 18.2. The Kier molecular flexibility index (Phi) is 7.34. The highest BCUT2D eigenvalue weighted by atomic mass is 32.2. The van der Waals surface area contributed by atoms with Crippen LogP contribution in [0.4, 0.5) is 0 Å². The quantitative estimate of drug-likeness (QED) is 0.706. The van der Waals surface area contributed by atoms with Crippen LogP contribution < -0.4 is 10.0 Å². The second-order valence-electron chi connectivity index (χ2n) is 6.95. The zero-order valence-electron chi connectivity index (χ0n) is 14.9. The average Bonchev–Trinajstić information content (AvgIpc) is 2.53. The Balaban J connectivity index is 1.73. The lowest BCUT2D eigenvalue weighted by atomic mass is 9.86. The van der Waals surface area contributed by atoms with E-state index in [1.807, 2.05) is 24.1 Å². The molecular weight excluding hydrogens is 340 g/mol. The highest BCUT2D eigenvalue weighted by Gasteiger charge is 2.24. The van der Waals surface area contributed by atoms with E-state index in [0.717, 1.165) is 31.2 Å². The number of amides is 1. The summed E-state index contributed by atoms with van der Waals surface area (Å²) in [6, 6.07) is 4.01. The fraction of sp³-hybridized carbons (Fsp3) is 0.647. The third-order valence-electron chi connectivity index (χ3n) is 4.40. The van der Waals surface area contributed by atoms with Gasteiger partial charge >= 0.3 is 0 Å². The van der Waals surface area contributed by atoms with Crippen LogP contribution in [0.25, 0.3) is 0 Å². The van der Waals surface area contributed by atoms with Gasteiger partial charge in [-0.25, -0.2) is 13.1 Å². The average molecular weight is 369 g/mol. The monoisotopic (exact) mass is 368 g/mol. The largest absolute Gasteiger partial charge is 0.352 e. The van der Waals surface area contributed by atoms with Gasteiger partial charge in [-0.2, -0.15) is 0 Å². The summed E-state index contributed by atoms with van der Waals surface area (Å²) in [7, 11) is -1.24. The first-order chi connectivity index (χ1) is 11.8. The van der Waals surface area contributed by atoms with Crippen LogP contribution in [0.2, 0.25) is 0 Å². The standard InChI is InChI=1S/C17H28N4O3S/c1-21(12-14-6-8-18-9-7-14)13-17(22)20-16-5-3-4-15(10-16)11-19-25(2,23)24/h6-9,15-16,19H,3-5,10-13H2,1-2H3,(H,20,22)/t15-,16+/m1/s1. The van der Waals surface area contributed by atoms with Gasteiger partial charge in [0.25, 0.3) is 0 Å². The minimum atomic E-state index is -3.16. The predicted octanol–water partition coefficient (Wildman–Crippen LogP) is 0.738. The van der Waals surface area contributed by atoms with Crippen molar-refractivity contribution in [2.75, 3.05) is 26.4 Å². The van der Waals surface area contributed by atoms with E-state index in [4.69, 9.17) is 0 Å². The molecule has 1 amide bonds. The fourth-order valence-corrected chi connectivity index (χ4v) is 3.79. The molecule has 2 atom stereocenters. The van der Waals surface area contributed by atoms with E-state index in [-0.39, 0.29) is 17.9 Å². The maximum atomic E-state index is 12.3. The molecule has 1 aliphatic rings.